The van der Waals surface area contributed by atoms with E-state index in [1.807, 2.05) is 11.8 Å². The zero-order valence-corrected chi connectivity index (χ0v) is 9.41. The van der Waals surface area contributed by atoms with Crippen LogP contribution in [0.1, 0.15) is 12.5 Å². The van der Waals surface area contributed by atoms with Crippen LogP contribution in [-0.2, 0) is 6.54 Å². The molecule has 1 aromatic rings. The van der Waals surface area contributed by atoms with E-state index in [-0.39, 0.29) is 0 Å². The van der Waals surface area contributed by atoms with Gasteiger partial charge in [-0.05, 0) is 29.5 Å². The molecule has 0 spiro atoms. The van der Waals surface area contributed by atoms with Crippen molar-refractivity contribution in [1.82, 2.24) is 0 Å². The van der Waals surface area contributed by atoms with Crippen LogP contribution in [0.5, 0.6) is 0 Å². The molecule has 0 saturated heterocycles. The van der Waals surface area contributed by atoms with Crippen molar-refractivity contribution in [3.05, 3.63) is 28.2 Å². The molecule has 1 aromatic carbocycles. The van der Waals surface area contributed by atoms with Gasteiger partial charge in [-0.2, -0.15) is 0 Å². The molecule has 0 bridgehead atoms. The Kier molecular flexibility index (Phi) is 4.12. The van der Waals surface area contributed by atoms with Crippen molar-refractivity contribution >= 4 is 27.7 Å². The van der Waals surface area contributed by atoms with Crippen LogP contribution in [0, 0.1) is 0 Å². The summed E-state index contributed by atoms with van der Waals surface area (Å²) in [5, 5.41) is 0. The Labute approximate surface area is 85.9 Å². The lowest BCUT2D eigenvalue weighted by atomic mass is 10.2. The molecule has 1 nitrogen and oxygen atoms in total. The first-order valence-corrected chi connectivity index (χ1v) is 5.67. The molecule has 0 atom stereocenters. The Morgan fingerprint density at radius 3 is 2.83 bits per heavy atom. The summed E-state index contributed by atoms with van der Waals surface area (Å²) in [7, 11) is 0. The van der Waals surface area contributed by atoms with Crippen LogP contribution in [-0.4, -0.2) is 5.75 Å². The van der Waals surface area contributed by atoms with Crippen molar-refractivity contribution in [3.63, 3.8) is 0 Å². The standard InChI is InChI=1S/C9H12BrNS/c1-2-12-8-3-4-9(10)7(5-8)6-11/h3-5H,2,6,11H2,1H3. The molecular formula is C9H12BrNS. The fraction of sp³-hybridized carbons (Fsp3) is 0.333. The van der Waals surface area contributed by atoms with E-state index >= 15 is 0 Å². The van der Waals surface area contributed by atoms with Crippen molar-refractivity contribution in [2.45, 2.75) is 18.4 Å². The molecule has 66 valence electrons. The zero-order chi connectivity index (χ0) is 8.97. The van der Waals surface area contributed by atoms with Gasteiger partial charge in [0.2, 0.25) is 0 Å². The highest BCUT2D eigenvalue weighted by atomic mass is 79.9. The minimum absolute atomic E-state index is 0.596. The molecule has 0 aromatic heterocycles. The summed E-state index contributed by atoms with van der Waals surface area (Å²) in [6.45, 7) is 2.74. The zero-order valence-electron chi connectivity index (χ0n) is 7.01. The van der Waals surface area contributed by atoms with E-state index in [2.05, 4.69) is 41.1 Å². The number of halogens is 1. The highest BCUT2D eigenvalue weighted by Crippen LogP contribution is 2.24. The number of nitrogens with two attached hydrogens (primary N) is 1. The molecule has 12 heavy (non-hydrogen) atoms. The van der Waals surface area contributed by atoms with Crippen LogP contribution < -0.4 is 5.73 Å². The van der Waals surface area contributed by atoms with Crippen molar-refractivity contribution in [1.29, 1.82) is 0 Å². The van der Waals surface area contributed by atoms with Crippen LogP contribution in [0.25, 0.3) is 0 Å². The third-order valence-corrected chi connectivity index (χ3v) is 3.20. The van der Waals surface area contributed by atoms with E-state index in [0.717, 1.165) is 10.2 Å². The van der Waals surface area contributed by atoms with Crippen LogP contribution in [0.3, 0.4) is 0 Å². The van der Waals surface area contributed by atoms with Gasteiger partial charge in [0, 0.05) is 15.9 Å². The quantitative estimate of drug-likeness (QED) is 0.829. The van der Waals surface area contributed by atoms with E-state index in [1.165, 1.54) is 10.5 Å². The van der Waals surface area contributed by atoms with Crippen LogP contribution in [0.2, 0.25) is 0 Å². The summed E-state index contributed by atoms with van der Waals surface area (Å²) in [6, 6.07) is 6.30. The summed E-state index contributed by atoms with van der Waals surface area (Å²) in [5.74, 6) is 1.10. The molecule has 2 N–H and O–H groups in total. The second-order valence-corrected chi connectivity index (χ2v) is 4.58. The molecule has 0 aliphatic carbocycles. The van der Waals surface area contributed by atoms with Gasteiger partial charge >= 0.3 is 0 Å². The lowest BCUT2D eigenvalue weighted by Gasteiger charge is -2.03. The maximum atomic E-state index is 5.58. The molecule has 0 aliphatic heterocycles. The van der Waals surface area contributed by atoms with Crippen molar-refractivity contribution < 1.29 is 0 Å². The first-order valence-electron chi connectivity index (χ1n) is 3.89. The first-order chi connectivity index (χ1) is 5.77. The van der Waals surface area contributed by atoms with E-state index in [4.69, 9.17) is 5.73 Å². The average molecular weight is 246 g/mol. The topological polar surface area (TPSA) is 26.0 Å². The maximum Gasteiger partial charge on any atom is 0.0220 e. The number of hydrogen-bond donors (Lipinski definition) is 1. The molecule has 0 unspecified atom stereocenters. The summed E-state index contributed by atoms with van der Waals surface area (Å²) >= 11 is 5.29. The van der Waals surface area contributed by atoms with Gasteiger partial charge in [-0.15, -0.1) is 11.8 Å². The minimum atomic E-state index is 0.596. The van der Waals surface area contributed by atoms with Gasteiger partial charge in [0.15, 0.2) is 0 Å². The van der Waals surface area contributed by atoms with Crippen LogP contribution in [0.15, 0.2) is 27.6 Å². The Morgan fingerprint density at radius 1 is 1.50 bits per heavy atom. The smallest absolute Gasteiger partial charge is 0.0220 e. The number of thioether (sulfide) groups is 1. The Hall–Kier alpha value is 0.01000. The summed E-state index contributed by atoms with van der Waals surface area (Å²) in [5.41, 5.74) is 6.75. The van der Waals surface area contributed by atoms with Crippen LogP contribution in [0.4, 0.5) is 0 Å². The Bertz CT molecular complexity index is 263. The van der Waals surface area contributed by atoms with Gasteiger partial charge in [0.05, 0.1) is 0 Å². The molecule has 0 aliphatic rings. The summed E-state index contributed by atoms with van der Waals surface area (Å²) in [4.78, 5) is 1.29. The SMILES string of the molecule is CCSc1ccc(Br)c(CN)c1. The van der Waals surface area contributed by atoms with E-state index in [1.54, 1.807) is 0 Å². The first kappa shape index (κ1) is 10.1. The molecule has 0 amide bonds. The number of benzene rings is 1. The lowest BCUT2D eigenvalue weighted by Crippen LogP contribution is -1.97. The van der Waals surface area contributed by atoms with E-state index < -0.39 is 0 Å². The second-order valence-electron chi connectivity index (χ2n) is 2.39. The molecule has 3 heteroatoms. The van der Waals surface area contributed by atoms with Crippen molar-refractivity contribution in [2.24, 2.45) is 5.73 Å². The molecule has 0 saturated carbocycles. The molecule has 0 heterocycles. The fourth-order valence-electron chi connectivity index (χ4n) is 0.964. The van der Waals surface area contributed by atoms with Gasteiger partial charge in [-0.1, -0.05) is 22.9 Å². The van der Waals surface area contributed by atoms with E-state index in [0.29, 0.717) is 6.54 Å². The van der Waals surface area contributed by atoms with E-state index in [9.17, 15) is 0 Å². The highest BCUT2D eigenvalue weighted by molar-refractivity contribution is 9.10. The van der Waals surface area contributed by atoms with Gasteiger partial charge < -0.3 is 5.73 Å². The third-order valence-electron chi connectivity index (χ3n) is 1.55. The molecular weight excluding hydrogens is 234 g/mol. The second kappa shape index (κ2) is 4.90. The molecule has 1 rings (SSSR count). The normalized spacial score (nSPS) is 10.2. The number of rotatable bonds is 3. The van der Waals surface area contributed by atoms with Crippen molar-refractivity contribution in [2.75, 3.05) is 5.75 Å². The Balaban J connectivity index is 2.89. The largest absolute Gasteiger partial charge is 0.326 e. The highest BCUT2D eigenvalue weighted by Gasteiger charge is 1.98. The van der Waals surface area contributed by atoms with Crippen molar-refractivity contribution in [3.8, 4) is 0 Å². The van der Waals surface area contributed by atoms with Gasteiger partial charge in [-0.25, -0.2) is 0 Å². The van der Waals surface area contributed by atoms with Gasteiger partial charge in [-0.3, -0.25) is 0 Å². The predicted molar refractivity (Wildman–Crippen MR) is 58.4 cm³/mol. The third kappa shape index (κ3) is 2.51. The van der Waals surface area contributed by atoms with Gasteiger partial charge in [0.25, 0.3) is 0 Å². The average Bonchev–Trinajstić information content (AvgIpc) is 2.09. The molecule has 0 fully saturated rings. The summed E-state index contributed by atoms with van der Waals surface area (Å²) < 4.78 is 1.10. The fourth-order valence-corrected chi connectivity index (χ4v) is 2.10. The predicted octanol–water partition coefficient (Wildman–Crippen LogP) is 3.02. The number of hydrogen-bond acceptors (Lipinski definition) is 2. The van der Waals surface area contributed by atoms with Crippen LogP contribution >= 0.6 is 27.7 Å². The monoisotopic (exact) mass is 245 g/mol. The lowest BCUT2D eigenvalue weighted by molar-refractivity contribution is 1.05. The Morgan fingerprint density at radius 2 is 2.25 bits per heavy atom. The maximum absolute atomic E-state index is 5.58. The minimum Gasteiger partial charge on any atom is -0.326 e. The molecule has 0 radical (unpaired) electrons. The van der Waals surface area contributed by atoms with Gasteiger partial charge in [0.1, 0.15) is 0 Å². The summed E-state index contributed by atoms with van der Waals surface area (Å²) in [6.07, 6.45) is 0.